The molecule has 1 saturated carbocycles. The molecule has 1 aliphatic rings. The fraction of sp³-hybridized carbons (Fsp3) is 0.667. The van der Waals surface area contributed by atoms with Crippen molar-refractivity contribution in [1.82, 2.24) is 10.3 Å². The number of nitrogens with one attached hydrogen (secondary N) is 2. The van der Waals surface area contributed by atoms with Gasteiger partial charge >= 0.3 is 4.87 Å². The Hall–Kier alpha value is -0.650. The largest absolute Gasteiger partial charge is 0.328 e. The number of aromatic nitrogens is 1. The van der Waals surface area contributed by atoms with Crippen LogP contribution in [0.15, 0.2) is 10.2 Å². The predicted octanol–water partition coefficient (Wildman–Crippen LogP) is 0.406. The first-order valence-electron chi connectivity index (χ1n) is 4.89. The molecular formula is C9H15N3OS. The van der Waals surface area contributed by atoms with Crippen LogP contribution in [0.25, 0.3) is 0 Å². The molecule has 1 heterocycles. The first kappa shape index (κ1) is 9.89. The molecule has 0 amide bonds. The van der Waals surface area contributed by atoms with Crippen LogP contribution in [0.1, 0.15) is 25.0 Å². The molecule has 2 rings (SSSR count). The minimum atomic E-state index is 0.0184. The summed E-state index contributed by atoms with van der Waals surface area (Å²) in [5, 5.41) is 5.26. The maximum Gasteiger partial charge on any atom is 0.304 e. The van der Waals surface area contributed by atoms with Gasteiger partial charge in [-0.2, -0.15) is 0 Å². The Morgan fingerprint density at radius 3 is 3.07 bits per heavy atom. The van der Waals surface area contributed by atoms with E-state index in [1.165, 1.54) is 11.3 Å². The van der Waals surface area contributed by atoms with Crippen LogP contribution >= 0.6 is 11.3 Å². The zero-order valence-corrected chi connectivity index (χ0v) is 8.77. The van der Waals surface area contributed by atoms with Gasteiger partial charge in [-0.25, -0.2) is 0 Å². The van der Waals surface area contributed by atoms with Gasteiger partial charge in [0, 0.05) is 29.7 Å². The molecule has 78 valence electrons. The first-order chi connectivity index (χ1) is 6.74. The Labute approximate surface area is 86.5 Å². The summed E-state index contributed by atoms with van der Waals surface area (Å²) in [6, 6.07) is 0.877. The fourth-order valence-electron chi connectivity index (χ4n) is 1.86. The monoisotopic (exact) mass is 213 g/mol. The highest BCUT2D eigenvalue weighted by molar-refractivity contribution is 7.07. The molecule has 0 radical (unpaired) electrons. The molecule has 2 atom stereocenters. The zero-order valence-electron chi connectivity index (χ0n) is 7.95. The van der Waals surface area contributed by atoms with Crippen LogP contribution in [0.5, 0.6) is 0 Å². The summed E-state index contributed by atoms with van der Waals surface area (Å²) in [6.07, 6.45) is 3.31. The summed E-state index contributed by atoms with van der Waals surface area (Å²) in [7, 11) is 0. The maximum atomic E-state index is 10.9. The van der Waals surface area contributed by atoms with E-state index in [1.807, 2.05) is 5.38 Å². The van der Waals surface area contributed by atoms with Crippen LogP contribution in [0.2, 0.25) is 0 Å². The number of hydrogen-bond donors (Lipinski definition) is 3. The standard InChI is InChI=1S/C9H15N3OS/c10-6-1-2-7(3-6)11-4-8-5-14-9(13)12-8/h5-7,11H,1-4,10H2,(H,12,13). The van der Waals surface area contributed by atoms with Crippen LogP contribution in [0.3, 0.4) is 0 Å². The fourth-order valence-corrected chi connectivity index (χ4v) is 2.44. The SMILES string of the molecule is NC1CCC(NCc2csc(=O)[nH]2)C1. The third-order valence-corrected chi connectivity index (χ3v) is 3.34. The summed E-state index contributed by atoms with van der Waals surface area (Å²) in [5.41, 5.74) is 6.78. The molecule has 1 aromatic heterocycles. The van der Waals surface area contributed by atoms with Gasteiger partial charge < -0.3 is 16.0 Å². The van der Waals surface area contributed by atoms with Gasteiger partial charge in [-0.3, -0.25) is 4.79 Å². The number of aromatic amines is 1. The van der Waals surface area contributed by atoms with Crippen molar-refractivity contribution >= 4 is 11.3 Å². The molecule has 0 aromatic carbocycles. The second-order valence-electron chi connectivity index (χ2n) is 3.82. The second-order valence-corrected chi connectivity index (χ2v) is 4.67. The Bertz CT molecular complexity index is 346. The summed E-state index contributed by atoms with van der Waals surface area (Å²) < 4.78 is 0. The predicted molar refractivity (Wildman–Crippen MR) is 57.4 cm³/mol. The molecule has 0 spiro atoms. The van der Waals surface area contributed by atoms with Crippen LogP contribution in [-0.4, -0.2) is 17.1 Å². The minimum Gasteiger partial charge on any atom is -0.328 e. The van der Waals surface area contributed by atoms with Crippen molar-refractivity contribution < 1.29 is 0 Å². The second kappa shape index (κ2) is 4.25. The van der Waals surface area contributed by atoms with E-state index in [0.29, 0.717) is 12.1 Å². The van der Waals surface area contributed by atoms with E-state index < -0.39 is 0 Å². The molecule has 4 N–H and O–H groups in total. The van der Waals surface area contributed by atoms with Crippen molar-refractivity contribution in [3.63, 3.8) is 0 Å². The zero-order chi connectivity index (χ0) is 9.97. The van der Waals surface area contributed by atoms with Gasteiger partial charge in [0.05, 0.1) is 0 Å². The third kappa shape index (κ3) is 2.43. The molecule has 5 heteroatoms. The normalized spacial score (nSPS) is 26.9. The molecule has 4 nitrogen and oxygen atoms in total. The quantitative estimate of drug-likeness (QED) is 0.681. The highest BCUT2D eigenvalue weighted by atomic mass is 32.1. The Kier molecular flexibility index (Phi) is 3.00. The van der Waals surface area contributed by atoms with Gasteiger partial charge in [0.1, 0.15) is 0 Å². The smallest absolute Gasteiger partial charge is 0.304 e. The lowest BCUT2D eigenvalue weighted by molar-refractivity contribution is 0.513. The number of rotatable bonds is 3. The van der Waals surface area contributed by atoms with Crippen LogP contribution in [-0.2, 0) is 6.54 Å². The lowest BCUT2D eigenvalue weighted by atomic mass is 10.2. The molecule has 1 aromatic rings. The van der Waals surface area contributed by atoms with E-state index in [2.05, 4.69) is 10.3 Å². The van der Waals surface area contributed by atoms with Crippen LogP contribution in [0.4, 0.5) is 0 Å². The highest BCUT2D eigenvalue weighted by Crippen LogP contribution is 2.17. The van der Waals surface area contributed by atoms with Gasteiger partial charge in [0.2, 0.25) is 0 Å². The van der Waals surface area contributed by atoms with E-state index in [-0.39, 0.29) is 4.87 Å². The Morgan fingerprint density at radius 2 is 2.50 bits per heavy atom. The molecule has 1 aliphatic carbocycles. The van der Waals surface area contributed by atoms with E-state index >= 15 is 0 Å². The number of thiazole rings is 1. The number of H-pyrrole nitrogens is 1. The van der Waals surface area contributed by atoms with Crippen LogP contribution < -0.4 is 15.9 Å². The van der Waals surface area contributed by atoms with Crippen molar-refractivity contribution in [2.24, 2.45) is 5.73 Å². The topological polar surface area (TPSA) is 70.9 Å². The molecule has 0 aliphatic heterocycles. The Balaban J connectivity index is 1.80. The lowest BCUT2D eigenvalue weighted by Gasteiger charge is -2.10. The third-order valence-electron chi connectivity index (χ3n) is 2.63. The summed E-state index contributed by atoms with van der Waals surface area (Å²) >= 11 is 1.21. The molecule has 0 saturated heterocycles. The molecule has 2 unspecified atom stereocenters. The minimum absolute atomic E-state index is 0.0184. The first-order valence-corrected chi connectivity index (χ1v) is 5.77. The van der Waals surface area contributed by atoms with Gasteiger partial charge in [-0.05, 0) is 19.3 Å². The van der Waals surface area contributed by atoms with Crippen molar-refractivity contribution in [3.05, 3.63) is 20.7 Å². The maximum absolute atomic E-state index is 10.9. The average Bonchev–Trinajstić information content (AvgIpc) is 2.72. The Morgan fingerprint density at radius 1 is 1.64 bits per heavy atom. The van der Waals surface area contributed by atoms with Gasteiger partial charge in [0.15, 0.2) is 0 Å². The van der Waals surface area contributed by atoms with E-state index in [1.54, 1.807) is 0 Å². The summed E-state index contributed by atoms with van der Waals surface area (Å²) in [5.74, 6) is 0. The highest BCUT2D eigenvalue weighted by Gasteiger charge is 2.20. The number of hydrogen-bond acceptors (Lipinski definition) is 4. The molecular weight excluding hydrogens is 198 g/mol. The summed E-state index contributed by atoms with van der Waals surface area (Å²) in [6.45, 7) is 0.746. The van der Waals surface area contributed by atoms with Gasteiger partial charge in [-0.1, -0.05) is 11.3 Å². The number of nitrogens with two attached hydrogens (primary N) is 1. The van der Waals surface area contributed by atoms with Crippen molar-refractivity contribution in [2.75, 3.05) is 0 Å². The van der Waals surface area contributed by atoms with Crippen molar-refractivity contribution in [3.8, 4) is 0 Å². The van der Waals surface area contributed by atoms with Gasteiger partial charge in [-0.15, -0.1) is 0 Å². The molecule has 0 bridgehead atoms. The summed E-state index contributed by atoms with van der Waals surface area (Å²) in [4.78, 5) is 13.7. The van der Waals surface area contributed by atoms with Gasteiger partial charge in [0.25, 0.3) is 0 Å². The van der Waals surface area contributed by atoms with E-state index in [0.717, 1.165) is 31.5 Å². The lowest BCUT2D eigenvalue weighted by Crippen LogP contribution is -2.28. The molecule has 14 heavy (non-hydrogen) atoms. The average molecular weight is 213 g/mol. The molecule has 1 fully saturated rings. The van der Waals surface area contributed by atoms with Crippen LogP contribution in [0, 0.1) is 0 Å². The van der Waals surface area contributed by atoms with E-state index in [9.17, 15) is 4.79 Å². The van der Waals surface area contributed by atoms with E-state index in [4.69, 9.17) is 5.73 Å². The van der Waals surface area contributed by atoms with Crippen molar-refractivity contribution in [2.45, 2.75) is 37.9 Å². The van der Waals surface area contributed by atoms with Crippen molar-refractivity contribution in [1.29, 1.82) is 0 Å².